The number of nitrogens with one attached hydrogen (secondary N) is 1. The van der Waals surface area contributed by atoms with Gasteiger partial charge in [-0.1, -0.05) is 13.8 Å². The molecule has 1 aliphatic rings. The fraction of sp³-hybridized carbons (Fsp3) is 0.733. The number of hydrogen-bond acceptors (Lipinski definition) is 7. The van der Waals surface area contributed by atoms with Gasteiger partial charge >= 0.3 is 17.9 Å². The summed E-state index contributed by atoms with van der Waals surface area (Å²) in [5.41, 5.74) is 0. The van der Waals surface area contributed by atoms with Crippen molar-refractivity contribution in [1.29, 1.82) is 0 Å². The number of nitrogens with zero attached hydrogens (tertiary/aromatic N) is 2. The van der Waals surface area contributed by atoms with Gasteiger partial charge in [0.25, 0.3) is 6.47 Å². The van der Waals surface area contributed by atoms with E-state index in [4.69, 9.17) is 25.2 Å². The summed E-state index contributed by atoms with van der Waals surface area (Å²) < 4.78 is 0. The molecule has 0 amide bonds. The number of carboxylic acid groups (broad SMARTS) is 4. The normalized spacial score (nSPS) is 17.5. The Hall–Kier alpha value is -2.24. The molecule has 11 nitrogen and oxygen atoms in total. The van der Waals surface area contributed by atoms with Gasteiger partial charge in [0.15, 0.2) is 0 Å². The molecule has 0 spiro atoms. The second-order valence-corrected chi connectivity index (χ2v) is 5.62. The second-order valence-electron chi connectivity index (χ2n) is 5.62. The molecular formula is C15H29N3O8. The summed E-state index contributed by atoms with van der Waals surface area (Å²) in [6.07, 6.45) is 0. The third-order valence-corrected chi connectivity index (χ3v) is 3.23. The zero-order valence-electron chi connectivity index (χ0n) is 15.1. The van der Waals surface area contributed by atoms with Crippen LogP contribution >= 0.6 is 0 Å². The number of aliphatic carboxylic acids is 3. The van der Waals surface area contributed by atoms with Gasteiger partial charge in [0.1, 0.15) is 0 Å². The van der Waals surface area contributed by atoms with Crippen LogP contribution in [0.2, 0.25) is 0 Å². The van der Waals surface area contributed by atoms with Crippen LogP contribution in [0.15, 0.2) is 0 Å². The molecule has 0 saturated carbocycles. The summed E-state index contributed by atoms with van der Waals surface area (Å²) in [6.45, 7) is 8.57. The highest BCUT2D eigenvalue weighted by Crippen LogP contribution is 2.08. The van der Waals surface area contributed by atoms with Crippen LogP contribution in [0.25, 0.3) is 0 Å². The Morgan fingerprint density at radius 1 is 1.00 bits per heavy atom. The summed E-state index contributed by atoms with van der Waals surface area (Å²) >= 11 is 0. The van der Waals surface area contributed by atoms with E-state index in [0.717, 1.165) is 32.7 Å². The average Bonchev–Trinajstić information content (AvgIpc) is 2.68. The van der Waals surface area contributed by atoms with Crippen LogP contribution in [0.4, 0.5) is 0 Å². The van der Waals surface area contributed by atoms with Gasteiger partial charge in [0.05, 0.1) is 19.6 Å². The van der Waals surface area contributed by atoms with Crippen LogP contribution in [-0.4, -0.2) is 107 Å². The van der Waals surface area contributed by atoms with E-state index in [-0.39, 0.29) is 26.1 Å². The van der Waals surface area contributed by atoms with Crippen molar-refractivity contribution in [1.82, 2.24) is 15.1 Å². The number of hydrogen-bond donors (Lipinski definition) is 5. The van der Waals surface area contributed by atoms with Crippen LogP contribution in [0.1, 0.15) is 13.8 Å². The highest BCUT2D eigenvalue weighted by atomic mass is 16.4. The third kappa shape index (κ3) is 18.1. The van der Waals surface area contributed by atoms with E-state index in [2.05, 4.69) is 24.1 Å². The first-order valence-corrected chi connectivity index (χ1v) is 8.04. The molecule has 26 heavy (non-hydrogen) atoms. The Morgan fingerprint density at radius 2 is 1.42 bits per heavy atom. The van der Waals surface area contributed by atoms with Crippen molar-refractivity contribution in [3.63, 3.8) is 0 Å². The van der Waals surface area contributed by atoms with Crippen molar-refractivity contribution in [2.24, 2.45) is 5.92 Å². The molecule has 5 N–H and O–H groups in total. The van der Waals surface area contributed by atoms with Gasteiger partial charge in [-0.05, 0) is 12.5 Å². The molecule has 1 heterocycles. The predicted molar refractivity (Wildman–Crippen MR) is 92.2 cm³/mol. The molecule has 1 saturated heterocycles. The standard InChI is InChI=1S/C10H20N2O2.C4H7NO4.CH2O2/c1-3-11-4-5-12(8-10(13)14)7-9(2)6-11;6-3(7)1-5-2-4(8)9;2-1-3/h9H,3-8H2,1-2H3,(H,13,14);5H,1-2H2,(H,6,7)(H,8,9);1H,(H,2,3). The highest BCUT2D eigenvalue weighted by molar-refractivity contribution is 5.72. The van der Waals surface area contributed by atoms with Crippen LogP contribution in [0.3, 0.4) is 0 Å². The summed E-state index contributed by atoms with van der Waals surface area (Å²) in [6, 6.07) is 0. The van der Waals surface area contributed by atoms with Crippen molar-refractivity contribution in [3.05, 3.63) is 0 Å². The van der Waals surface area contributed by atoms with Gasteiger partial charge in [0.2, 0.25) is 0 Å². The number of rotatable bonds is 7. The SMILES string of the molecule is CCN1CCN(CC(=O)O)CC(C)C1.O=C(O)CNCC(=O)O.O=CO. The number of likely N-dealkylation sites (N-methyl/N-ethyl adjacent to an activating group) is 1. The first-order chi connectivity index (χ1) is 12.2. The highest BCUT2D eigenvalue weighted by Gasteiger charge is 2.20. The molecule has 0 aromatic carbocycles. The lowest BCUT2D eigenvalue weighted by molar-refractivity contribution is -0.139. The molecular weight excluding hydrogens is 350 g/mol. The Balaban J connectivity index is 0. The Kier molecular flexibility index (Phi) is 16.2. The molecule has 0 aromatic heterocycles. The van der Waals surface area contributed by atoms with E-state index < -0.39 is 17.9 Å². The molecule has 1 aliphatic heterocycles. The average molecular weight is 379 g/mol. The Bertz CT molecular complexity index is 419. The van der Waals surface area contributed by atoms with Crippen LogP contribution < -0.4 is 5.32 Å². The van der Waals surface area contributed by atoms with Gasteiger partial charge in [-0.2, -0.15) is 0 Å². The summed E-state index contributed by atoms with van der Waals surface area (Å²) in [7, 11) is 0. The maximum atomic E-state index is 10.6. The van der Waals surface area contributed by atoms with E-state index >= 15 is 0 Å². The first kappa shape index (κ1) is 26.0. The van der Waals surface area contributed by atoms with Crippen molar-refractivity contribution in [3.8, 4) is 0 Å². The minimum Gasteiger partial charge on any atom is -0.483 e. The molecule has 0 radical (unpaired) electrons. The monoisotopic (exact) mass is 379 g/mol. The van der Waals surface area contributed by atoms with E-state index in [1.165, 1.54) is 0 Å². The Labute approximate surface area is 152 Å². The molecule has 1 rings (SSSR count). The van der Waals surface area contributed by atoms with Crippen LogP contribution in [-0.2, 0) is 19.2 Å². The molecule has 1 atom stereocenters. The molecule has 11 heteroatoms. The quantitative estimate of drug-likeness (QED) is 0.337. The van der Waals surface area contributed by atoms with Crippen LogP contribution in [0.5, 0.6) is 0 Å². The lowest BCUT2D eigenvalue weighted by Crippen LogP contribution is -2.34. The topological polar surface area (TPSA) is 168 Å². The molecule has 0 aliphatic carbocycles. The third-order valence-electron chi connectivity index (χ3n) is 3.23. The summed E-state index contributed by atoms with van der Waals surface area (Å²) in [5, 5.41) is 33.7. The first-order valence-electron chi connectivity index (χ1n) is 8.04. The Morgan fingerprint density at radius 3 is 1.81 bits per heavy atom. The summed E-state index contributed by atoms with van der Waals surface area (Å²) in [5.74, 6) is -2.27. The molecule has 0 bridgehead atoms. The van der Waals surface area contributed by atoms with Gasteiger partial charge in [0, 0.05) is 26.2 Å². The molecule has 1 fully saturated rings. The second kappa shape index (κ2) is 16.2. The minimum atomic E-state index is -1.06. The van der Waals surface area contributed by atoms with Crippen molar-refractivity contribution >= 4 is 24.4 Å². The van der Waals surface area contributed by atoms with Crippen molar-refractivity contribution < 1.29 is 39.6 Å². The number of carboxylic acids is 3. The van der Waals surface area contributed by atoms with Gasteiger partial charge in [-0.25, -0.2) is 0 Å². The molecule has 0 aromatic rings. The van der Waals surface area contributed by atoms with E-state index in [1.54, 1.807) is 0 Å². The van der Waals surface area contributed by atoms with E-state index in [1.807, 2.05) is 4.90 Å². The lowest BCUT2D eigenvalue weighted by Gasteiger charge is -2.19. The maximum absolute atomic E-state index is 10.6. The lowest BCUT2D eigenvalue weighted by atomic mass is 10.1. The predicted octanol–water partition coefficient (Wildman–Crippen LogP) is -1.21. The van der Waals surface area contributed by atoms with Gasteiger partial charge in [-0.15, -0.1) is 0 Å². The zero-order valence-corrected chi connectivity index (χ0v) is 15.1. The smallest absolute Gasteiger partial charge is 0.317 e. The van der Waals surface area contributed by atoms with Crippen LogP contribution in [0, 0.1) is 5.92 Å². The fourth-order valence-corrected chi connectivity index (χ4v) is 2.30. The van der Waals surface area contributed by atoms with E-state index in [9.17, 15) is 14.4 Å². The van der Waals surface area contributed by atoms with Crippen molar-refractivity contribution in [2.45, 2.75) is 13.8 Å². The number of carbonyl (C=O) groups is 4. The fourth-order valence-electron chi connectivity index (χ4n) is 2.30. The zero-order chi connectivity index (χ0) is 20.5. The van der Waals surface area contributed by atoms with Gasteiger partial charge in [-0.3, -0.25) is 29.4 Å². The maximum Gasteiger partial charge on any atom is 0.317 e. The minimum absolute atomic E-state index is 0.182. The molecule has 1 unspecified atom stereocenters. The van der Waals surface area contributed by atoms with Gasteiger partial charge < -0.3 is 25.3 Å². The summed E-state index contributed by atoms with van der Waals surface area (Å²) in [4.78, 5) is 42.8. The van der Waals surface area contributed by atoms with Crippen molar-refractivity contribution in [2.75, 3.05) is 52.4 Å². The largest absolute Gasteiger partial charge is 0.483 e. The molecule has 152 valence electrons. The van der Waals surface area contributed by atoms with E-state index in [0.29, 0.717) is 5.92 Å².